The van der Waals surface area contributed by atoms with E-state index in [9.17, 15) is 13.5 Å². The molecule has 102 valence electrons. The maximum Gasteiger partial charge on any atom is 0.263 e. The summed E-state index contributed by atoms with van der Waals surface area (Å²) in [6.45, 7) is 2.92. The highest BCUT2D eigenvalue weighted by atomic mass is 32.2. The number of likely N-dealkylation sites (N-methyl/N-ethyl adjacent to an activating group) is 1. The van der Waals surface area contributed by atoms with E-state index in [0.717, 1.165) is 4.31 Å². The Morgan fingerprint density at radius 1 is 1.56 bits per heavy atom. The second kappa shape index (κ2) is 5.19. The lowest BCUT2D eigenvalue weighted by atomic mass is 10.1. The first-order valence-corrected chi connectivity index (χ1v) is 6.73. The number of sulfonamides is 1. The highest BCUT2D eigenvalue weighted by Crippen LogP contribution is 2.25. The molecule has 0 saturated carbocycles. The summed E-state index contributed by atoms with van der Waals surface area (Å²) in [4.78, 5) is 3.84. The van der Waals surface area contributed by atoms with E-state index in [1.807, 2.05) is 0 Å². The Kier molecular flexibility index (Phi) is 4.28. The molecule has 0 radical (unpaired) electrons. The van der Waals surface area contributed by atoms with Crippen LogP contribution in [0.1, 0.15) is 13.8 Å². The molecular formula is C10H18N4O3S. The molecule has 0 spiro atoms. The fraction of sp³-hybridized carbons (Fsp3) is 0.500. The average molecular weight is 274 g/mol. The van der Waals surface area contributed by atoms with Crippen LogP contribution >= 0.6 is 0 Å². The molecule has 0 amide bonds. The van der Waals surface area contributed by atoms with E-state index in [2.05, 4.69) is 10.4 Å². The normalized spacial score (nSPS) is 12.8. The lowest BCUT2D eigenvalue weighted by molar-refractivity contribution is 0.137. The van der Waals surface area contributed by atoms with Crippen LogP contribution in [0.3, 0.4) is 0 Å². The number of aromatic nitrogens is 1. The van der Waals surface area contributed by atoms with E-state index < -0.39 is 15.6 Å². The van der Waals surface area contributed by atoms with Gasteiger partial charge in [0.05, 0.1) is 17.8 Å². The summed E-state index contributed by atoms with van der Waals surface area (Å²) in [7, 11) is -2.44. The predicted octanol–water partition coefficient (Wildman–Crippen LogP) is -0.241. The van der Waals surface area contributed by atoms with Crippen molar-refractivity contribution in [3.63, 3.8) is 0 Å². The van der Waals surface area contributed by atoms with Crippen molar-refractivity contribution in [3.05, 3.63) is 18.3 Å². The van der Waals surface area contributed by atoms with Crippen LogP contribution in [-0.2, 0) is 10.0 Å². The van der Waals surface area contributed by atoms with Gasteiger partial charge < -0.3 is 10.5 Å². The van der Waals surface area contributed by atoms with Crippen LogP contribution in [-0.4, -0.2) is 42.0 Å². The van der Waals surface area contributed by atoms with Crippen LogP contribution in [0.15, 0.2) is 23.4 Å². The molecule has 7 nitrogen and oxygen atoms in total. The number of aliphatic hydroxyl groups excluding tert-OH is 1. The molecule has 1 rings (SSSR count). The summed E-state index contributed by atoms with van der Waals surface area (Å²) in [5.41, 5.74) is 1.57. The molecule has 0 aliphatic heterocycles. The highest BCUT2D eigenvalue weighted by Gasteiger charge is 2.35. The van der Waals surface area contributed by atoms with Crippen LogP contribution in [0.5, 0.6) is 0 Å². The van der Waals surface area contributed by atoms with E-state index in [-0.39, 0.29) is 17.3 Å². The Morgan fingerprint density at radius 3 is 2.67 bits per heavy atom. The van der Waals surface area contributed by atoms with Crippen LogP contribution in [0.4, 0.5) is 5.69 Å². The molecule has 0 atom stereocenters. The summed E-state index contributed by atoms with van der Waals surface area (Å²) >= 11 is 0. The van der Waals surface area contributed by atoms with Crippen molar-refractivity contribution in [2.24, 2.45) is 5.84 Å². The fourth-order valence-electron chi connectivity index (χ4n) is 1.26. The topological polar surface area (TPSA) is 109 Å². The maximum absolute atomic E-state index is 12.4. The first-order valence-electron chi connectivity index (χ1n) is 5.29. The number of pyridine rings is 1. The molecule has 0 saturated heterocycles. The number of nitrogens with two attached hydrogens (primary N) is 1. The zero-order chi connectivity index (χ0) is 14.0. The third-order valence-corrected chi connectivity index (χ3v) is 4.80. The van der Waals surface area contributed by atoms with Gasteiger partial charge in [-0.15, -0.1) is 0 Å². The minimum atomic E-state index is -3.83. The third kappa shape index (κ3) is 2.61. The number of hydrogen-bond acceptors (Lipinski definition) is 6. The van der Waals surface area contributed by atoms with Crippen molar-refractivity contribution >= 4 is 15.7 Å². The van der Waals surface area contributed by atoms with Crippen molar-refractivity contribution in [2.45, 2.75) is 24.4 Å². The largest absolute Gasteiger partial charge is 0.394 e. The number of anilines is 1. The Balaban J connectivity index is 3.30. The Hall–Kier alpha value is -1.22. The average Bonchev–Trinajstić information content (AvgIpc) is 2.37. The summed E-state index contributed by atoms with van der Waals surface area (Å²) in [5, 5.41) is 9.06. The number of nitrogens with one attached hydrogen (secondary N) is 1. The van der Waals surface area contributed by atoms with Gasteiger partial charge in [0.15, 0.2) is 5.03 Å². The zero-order valence-corrected chi connectivity index (χ0v) is 11.4. The second-order valence-electron chi connectivity index (χ2n) is 4.44. The van der Waals surface area contributed by atoms with Crippen LogP contribution < -0.4 is 11.3 Å². The number of aliphatic hydroxyl groups is 1. The first kappa shape index (κ1) is 14.8. The lowest BCUT2D eigenvalue weighted by Gasteiger charge is -2.32. The molecule has 8 heteroatoms. The molecule has 0 unspecified atom stereocenters. The SMILES string of the molecule is CN(C(C)(C)CO)S(=O)(=O)c1ncccc1NN. The minimum absolute atomic E-state index is 0.170. The van der Waals surface area contributed by atoms with Crippen LogP contribution in [0.2, 0.25) is 0 Å². The molecule has 18 heavy (non-hydrogen) atoms. The van der Waals surface area contributed by atoms with Gasteiger partial charge in [-0.05, 0) is 26.0 Å². The van der Waals surface area contributed by atoms with E-state index in [1.54, 1.807) is 19.9 Å². The quantitative estimate of drug-likeness (QED) is 0.505. The molecule has 4 N–H and O–H groups in total. The van der Waals surface area contributed by atoms with Gasteiger partial charge in [0.25, 0.3) is 10.0 Å². The van der Waals surface area contributed by atoms with Crippen molar-refractivity contribution in [2.75, 3.05) is 19.1 Å². The molecule has 0 aliphatic carbocycles. The lowest BCUT2D eigenvalue weighted by Crippen LogP contribution is -2.47. The van der Waals surface area contributed by atoms with E-state index in [0.29, 0.717) is 0 Å². The summed E-state index contributed by atoms with van der Waals surface area (Å²) < 4.78 is 25.8. The molecule has 1 aromatic heterocycles. The fourth-order valence-corrected chi connectivity index (χ4v) is 2.83. The predicted molar refractivity (Wildman–Crippen MR) is 68.2 cm³/mol. The Morgan fingerprint density at radius 2 is 2.17 bits per heavy atom. The van der Waals surface area contributed by atoms with E-state index >= 15 is 0 Å². The summed E-state index contributed by atoms with van der Waals surface area (Å²) in [6, 6.07) is 3.09. The number of nitrogen functional groups attached to an aromatic ring is 1. The van der Waals surface area contributed by atoms with Gasteiger partial charge in [0.1, 0.15) is 0 Å². The standard InChI is InChI=1S/C10H18N4O3S/c1-10(2,7-15)14(3)18(16,17)9-8(13-11)5-4-6-12-9/h4-6,13,15H,7,11H2,1-3H3. The first-order chi connectivity index (χ1) is 8.27. The monoisotopic (exact) mass is 274 g/mol. The van der Waals surface area contributed by atoms with Gasteiger partial charge >= 0.3 is 0 Å². The molecule has 1 heterocycles. The van der Waals surface area contributed by atoms with Crippen molar-refractivity contribution in [3.8, 4) is 0 Å². The Labute approximate surface area is 107 Å². The van der Waals surface area contributed by atoms with Crippen molar-refractivity contribution in [1.29, 1.82) is 0 Å². The van der Waals surface area contributed by atoms with Crippen molar-refractivity contribution < 1.29 is 13.5 Å². The minimum Gasteiger partial charge on any atom is -0.394 e. The third-order valence-electron chi connectivity index (χ3n) is 2.77. The molecule has 1 aromatic rings. The van der Waals surface area contributed by atoms with Crippen LogP contribution in [0.25, 0.3) is 0 Å². The van der Waals surface area contributed by atoms with Gasteiger partial charge in [-0.25, -0.2) is 13.4 Å². The zero-order valence-electron chi connectivity index (χ0n) is 10.6. The van der Waals surface area contributed by atoms with Gasteiger partial charge in [0, 0.05) is 13.2 Å². The number of rotatable bonds is 5. The second-order valence-corrected chi connectivity index (χ2v) is 6.33. The molecule has 0 aliphatic rings. The van der Waals surface area contributed by atoms with E-state index in [1.165, 1.54) is 19.3 Å². The highest BCUT2D eigenvalue weighted by molar-refractivity contribution is 7.89. The molecule has 0 aromatic carbocycles. The number of hydrogen-bond donors (Lipinski definition) is 3. The van der Waals surface area contributed by atoms with Gasteiger partial charge in [0.2, 0.25) is 0 Å². The van der Waals surface area contributed by atoms with Crippen LogP contribution in [0, 0.1) is 0 Å². The smallest absolute Gasteiger partial charge is 0.263 e. The van der Waals surface area contributed by atoms with Gasteiger partial charge in [-0.2, -0.15) is 4.31 Å². The van der Waals surface area contributed by atoms with E-state index in [4.69, 9.17) is 5.84 Å². The maximum atomic E-state index is 12.4. The number of hydrazine groups is 1. The molecule has 0 fully saturated rings. The Bertz CT molecular complexity index is 516. The summed E-state index contributed by atoms with van der Waals surface area (Å²) in [6.07, 6.45) is 1.37. The number of nitrogens with zero attached hydrogens (tertiary/aromatic N) is 2. The molecule has 0 bridgehead atoms. The molecular weight excluding hydrogens is 256 g/mol. The van der Waals surface area contributed by atoms with Gasteiger partial charge in [-0.1, -0.05) is 0 Å². The summed E-state index contributed by atoms with van der Waals surface area (Å²) in [5.74, 6) is 5.27. The van der Waals surface area contributed by atoms with Gasteiger partial charge in [-0.3, -0.25) is 5.84 Å². The van der Waals surface area contributed by atoms with Crippen molar-refractivity contribution in [1.82, 2.24) is 9.29 Å².